The molecule has 9 heteroatoms. The number of ether oxygens (including phenoxy) is 1. The summed E-state index contributed by atoms with van der Waals surface area (Å²) in [6.07, 6.45) is 1.67. The van der Waals surface area contributed by atoms with Crippen molar-refractivity contribution in [3.05, 3.63) is 64.6 Å². The third-order valence-electron chi connectivity index (χ3n) is 5.40. The lowest BCUT2D eigenvalue weighted by atomic mass is 10.2. The Morgan fingerprint density at radius 1 is 1.22 bits per heavy atom. The van der Waals surface area contributed by atoms with Gasteiger partial charge in [0, 0.05) is 24.3 Å². The van der Waals surface area contributed by atoms with E-state index in [1.165, 1.54) is 4.90 Å². The molecule has 0 aliphatic carbocycles. The predicted octanol–water partition coefficient (Wildman–Crippen LogP) is 4.22. The van der Waals surface area contributed by atoms with Crippen LogP contribution in [0.25, 0.3) is 0 Å². The number of aliphatic hydroxyl groups is 1. The molecule has 0 spiro atoms. The fourth-order valence-corrected chi connectivity index (χ4v) is 3.70. The molecule has 1 unspecified atom stereocenters. The van der Waals surface area contributed by atoms with Crippen molar-refractivity contribution >= 4 is 23.4 Å². The number of amides is 2. The fourth-order valence-electron chi connectivity index (χ4n) is 3.58. The van der Waals surface area contributed by atoms with E-state index in [9.17, 15) is 9.90 Å². The Labute approximate surface area is 192 Å². The number of fused-ring (bicyclic) bond motifs is 1. The van der Waals surface area contributed by atoms with Crippen LogP contribution in [0.4, 0.5) is 10.6 Å². The van der Waals surface area contributed by atoms with E-state index in [4.69, 9.17) is 16.3 Å². The Balaban J connectivity index is 1.72. The first-order chi connectivity index (χ1) is 15.3. The zero-order valence-electron chi connectivity index (χ0n) is 18.3. The number of aliphatic hydroxyl groups excluding tert-OH is 1. The number of aromatic nitrogens is 3. The Morgan fingerprint density at radius 3 is 2.62 bits per heavy atom. The van der Waals surface area contributed by atoms with E-state index in [2.05, 4.69) is 9.97 Å². The number of hydrogen-bond acceptors (Lipinski definition) is 5. The first-order valence-electron chi connectivity index (χ1n) is 10.5. The van der Waals surface area contributed by atoms with Gasteiger partial charge in [0.2, 0.25) is 0 Å². The summed E-state index contributed by atoms with van der Waals surface area (Å²) in [4.78, 5) is 25.1. The van der Waals surface area contributed by atoms with Crippen LogP contribution in [0.3, 0.4) is 0 Å². The second-order valence-electron chi connectivity index (χ2n) is 8.02. The molecular weight excluding hydrogens is 430 g/mol. The number of anilines is 1. The van der Waals surface area contributed by atoms with Gasteiger partial charge in [-0.2, -0.15) is 4.98 Å². The first kappa shape index (κ1) is 22.1. The van der Waals surface area contributed by atoms with Crippen molar-refractivity contribution in [1.82, 2.24) is 19.4 Å². The summed E-state index contributed by atoms with van der Waals surface area (Å²) in [6, 6.07) is 11.5. The third-order valence-corrected chi connectivity index (χ3v) is 5.65. The van der Waals surface area contributed by atoms with Crippen molar-refractivity contribution in [2.24, 2.45) is 0 Å². The Kier molecular flexibility index (Phi) is 6.34. The number of carbonyl (C=O) groups excluding carboxylic acids is 1. The maximum atomic E-state index is 12.9. The molecule has 1 atom stereocenters. The number of benzene rings is 1. The maximum Gasteiger partial charge on any atom is 0.325 e. The zero-order chi connectivity index (χ0) is 22.8. The molecule has 3 aromatic rings. The van der Waals surface area contributed by atoms with Crippen molar-refractivity contribution < 1.29 is 14.6 Å². The van der Waals surface area contributed by atoms with Crippen LogP contribution in [0.15, 0.2) is 42.6 Å². The molecular formula is C23H26ClN5O3. The van der Waals surface area contributed by atoms with Crippen LogP contribution in [0, 0.1) is 6.92 Å². The minimum Gasteiger partial charge on any atom is -0.424 e. The van der Waals surface area contributed by atoms with Crippen molar-refractivity contribution in [3.63, 3.8) is 0 Å². The van der Waals surface area contributed by atoms with Crippen LogP contribution in [-0.2, 0) is 13.1 Å². The van der Waals surface area contributed by atoms with E-state index in [0.29, 0.717) is 48.7 Å². The van der Waals surface area contributed by atoms with Crippen LogP contribution in [0.2, 0.25) is 5.02 Å². The largest absolute Gasteiger partial charge is 0.424 e. The summed E-state index contributed by atoms with van der Waals surface area (Å²) < 4.78 is 8.07. The second kappa shape index (κ2) is 9.18. The molecule has 2 amide bonds. The highest BCUT2D eigenvalue weighted by molar-refractivity contribution is 6.30. The van der Waals surface area contributed by atoms with Gasteiger partial charge in [-0.15, -0.1) is 0 Å². The molecule has 3 heterocycles. The molecule has 0 saturated heterocycles. The van der Waals surface area contributed by atoms with Gasteiger partial charge in [0.25, 0.3) is 0 Å². The maximum absolute atomic E-state index is 12.9. The standard InChI is InChI=1S/C23H26ClN5O3/c1-15-4-9-19(12-25-15)32-22-26-21-20(29(22)13-17-5-7-18(24)8-6-17)14-28(11-10-16(2)30)23(31)27(21)3/h4-9,12,16,30H,10-11,13-14H2,1-3H3. The third kappa shape index (κ3) is 4.71. The minimum atomic E-state index is -0.485. The number of carbonyl (C=O) groups is 1. The molecule has 32 heavy (non-hydrogen) atoms. The zero-order valence-corrected chi connectivity index (χ0v) is 19.1. The van der Waals surface area contributed by atoms with Crippen molar-refractivity contribution in [3.8, 4) is 11.8 Å². The Bertz CT molecular complexity index is 1100. The molecule has 1 N–H and O–H groups in total. The highest BCUT2D eigenvalue weighted by atomic mass is 35.5. The molecule has 168 valence electrons. The molecule has 1 aliphatic rings. The number of halogens is 1. The number of pyridine rings is 1. The summed E-state index contributed by atoms with van der Waals surface area (Å²) in [5.41, 5.74) is 2.78. The molecule has 1 aliphatic heterocycles. The predicted molar refractivity (Wildman–Crippen MR) is 122 cm³/mol. The van der Waals surface area contributed by atoms with Gasteiger partial charge in [-0.3, -0.25) is 14.5 Å². The van der Waals surface area contributed by atoms with Gasteiger partial charge in [-0.05, 0) is 50.1 Å². The van der Waals surface area contributed by atoms with Gasteiger partial charge in [0.1, 0.15) is 5.75 Å². The summed E-state index contributed by atoms with van der Waals surface area (Å²) >= 11 is 6.05. The van der Waals surface area contributed by atoms with Crippen LogP contribution in [0.5, 0.6) is 11.8 Å². The monoisotopic (exact) mass is 455 g/mol. The topological polar surface area (TPSA) is 83.7 Å². The van der Waals surface area contributed by atoms with E-state index >= 15 is 0 Å². The average molecular weight is 456 g/mol. The van der Waals surface area contributed by atoms with E-state index in [1.54, 1.807) is 25.1 Å². The first-order valence-corrected chi connectivity index (χ1v) is 10.8. The minimum absolute atomic E-state index is 0.155. The number of aryl methyl sites for hydroxylation is 1. The lowest BCUT2D eigenvalue weighted by molar-refractivity contribution is 0.154. The molecule has 0 saturated carbocycles. The molecule has 0 fully saturated rings. The van der Waals surface area contributed by atoms with E-state index in [1.807, 2.05) is 47.9 Å². The van der Waals surface area contributed by atoms with Gasteiger partial charge >= 0.3 is 12.0 Å². The SMILES string of the molecule is Cc1ccc(Oc2nc3c(n2Cc2ccc(Cl)cc2)CN(CCC(C)O)C(=O)N3C)cn1. The number of imidazole rings is 1. The number of rotatable bonds is 7. The highest BCUT2D eigenvalue weighted by Gasteiger charge is 2.34. The summed E-state index contributed by atoms with van der Waals surface area (Å²) in [5, 5.41) is 10.3. The molecule has 1 aromatic carbocycles. The van der Waals surface area contributed by atoms with Crippen LogP contribution >= 0.6 is 11.6 Å². The smallest absolute Gasteiger partial charge is 0.325 e. The average Bonchev–Trinajstić information content (AvgIpc) is 3.10. The fraction of sp³-hybridized carbons (Fsp3) is 0.348. The summed E-state index contributed by atoms with van der Waals surface area (Å²) in [5.74, 6) is 1.13. The molecule has 8 nitrogen and oxygen atoms in total. The van der Waals surface area contributed by atoms with Gasteiger partial charge < -0.3 is 14.7 Å². The van der Waals surface area contributed by atoms with Gasteiger partial charge in [-0.1, -0.05) is 23.7 Å². The highest BCUT2D eigenvalue weighted by Crippen LogP contribution is 2.34. The van der Waals surface area contributed by atoms with Crippen LogP contribution in [-0.4, -0.2) is 50.3 Å². The normalized spacial score (nSPS) is 14.5. The summed E-state index contributed by atoms with van der Waals surface area (Å²) in [7, 11) is 1.70. The Hall–Kier alpha value is -3.10. The van der Waals surface area contributed by atoms with Crippen molar-refractivity contribution in [2.45, 2.75) is 39.5 Å². The number of nitrogens with zero attached hydrogens (tertiary/aromatic N) is 5. The second-order valence-corrected chi connectivity index (χ2v) is 8.45. The van der Waals surface area contributed by atoms with Gasteiger partial charge in [-0.25, -0.2) is 4.79 Å². The lowest BCUT2D eigenvalue weighted by Crippen LogP contribution is -2.46. The number of urea groups is 1. The molecule has 0 bridgehead atoms. The van der Waals surface area contributed by atoms with E-state index in [0.717, 1.165) is 17.0 Å². The van der Waals surface area contributed by atoms with Crippen LogP contribution in [0.1, 0.15) is 30.3 Å². The number of hydrogen-bond donors (Lipinski definition) is 1. The van der Waals surface area contributed by atoms with Gasteiger partial charge in [0.05, 0.1) is 31.1 Å². The van der Waals surface area contributed by atoms with Crippen molar-refractivity contribution in [2.75, 3.05) is 18.5 Å². The van der Waals surface area contributed by atoms with E-state index < -0.39 is 6.10 Å². The van der Waals surface area contributed by atoms with Crippen LogP contribution < -0.4 is 9.64 Å². The molecule has 4 rings (SSSR count). The molecule has 0 radical (unpaired) electrons. The molecule has 2 aromatic heterocycles. The quantitative estimate of drug-likeness (QED) is 0.576. The van der Waals surface area contributed by atoms with E-state index in [-0.39, 0.29) is 6.03 Å². The Morgan fingerprint density at radius 2 is 1.97 bits per heavy atom. The summed E-state index contributed by atoms with van der Waals surface area (Å²) in [6.45, 7) is 4.95. The lowest BCUT2D eigenvalue weighted by Gasteiger charge is -2.33. The van der Waals surface area contributed by atoms with Gasteiger partial charge in [0.15, 0.2) is 5.82 Å². The van der Waals surface area contributed by atoms with Crippen molar-refractivity contribution in [1.29, 1.82) is 0 Å².